The van der Waals surface area contributed by atoms with Crippen molar-refractivity contribution in [3.63, 3.8) is 0 Å². The van der Waals surface area contributed by atoms with Crippen LogP contribution in [0, 0.1) is 0 Å². The van der Waals surface area contributed by atoms with Gasteiger partial charge in [-0.05, 0) is 0 Å². The second kappa shape index (κ2) is 16.4. The maximum atomic E-state index is 11.2. The molecule has 0 radical (unpaired) electrons. The number of imidazole rings is 2. The molecule has 0 saturated carbocycles. The molecule has 33 heavy (non-hydrogen) atoms. The van der Waals surface area contributed by atoms with Gasteiger partial charge in [-0.1, -0.05) is 0 Å². The largest absolute Gasteiger partial charge is 1.00 e. The van der Waals surface area contributed by atoms with Gasteiger partial charge in [-0.15, -0.1) is 0 Å². The van der Waals surface area contributed by atoms with E-state index in [2.05, 4.69) is 30.6 Å². The Morgan fingerprint density at radius 2 is 1.18 bits per heavy atom. The van der Waals surface area contributed by atoms with Crippen molar-refractivity contribution in [2.45, 2.75) is 37.8 Å². The van der Waals surface area contributed by atoms with E-state index in [0.29, 0.717) is 11.4 Å². The van der Waals surface area contributed by atoms with Gasteiger partial charge in [0.05, 0.1) is 48.1 Å². The first-order valence-electron chi connectivity index (χ1n) is 9.62. The molecule has 0 aliphatic heterocycles. The molecule has 0 bridgehead atoms. The summed E-state index contributed by atoms with van der Waals surface area (Å²) in [6.07, 6.45) is 6.34. The number of carboxylic acids is 2. The number of aromatic nitrogens is 4. The molecule has 8 N–H and O–H groups in total. The number of aromatic amines is 2. The number of rotatable bonds is 12. The molecule has 0 aliphatic rings. The molecule has 0 fully saturated rings. The van der Waals surface area contributed by atoms with E-state index in [4.69, 9.17) is 11.5 Å². The number of nitrogens with one attached hydrogen (secondary N) is 4. The molecule has 2 atom stereocenters. The fourth-order valence-corrected chi connectivity index (χ4v) is 2.41. The zero-order chi connectivity index (χ0) is 23.9. The third-order valence-corrected chi connectivity index (χ3v) is 3.92. The van der Waals surface area contributed by atoms with Crippen LogP contribution in [-0.4, -0.2) is 68.9 Å². The van der Waals surface area contributed by atoms with E-state index in [1.807, 2.05) is 0 Å². The van der Waals surface area contributed by atoms with E-state index < -0.39 is 35.8 Å². The van der Waals surface area contributed by atoms with Crippen molar-refractivity contribution < 1.29 is 46.5 Å². The summed E-state index contributed by atoms with van der Waals surface area (Å²) in [7, 11) is 0. The first-order valence-corrected chi connectivity index (χ1v) is 9.62. The molecule has 2 aromatic heterocycles. The zero-order valence-electron chi connectivity index (χ0n) is 17.5. The molecular formula is C18H26CuN8O6-. The molecule has 0 aliphatic carbocycles. The fourth-order valence-electron chi connectivity index (χ4n) is 2.41. The molecule has 0 aromatic carbocycles. The molecule has 15 heteroatoms. The Morgan fingerprint density at radius 1 is 0.818 bits per heavy atom. The second-order valence-electron chi connectivity index (χ2n) is 6.48. The van der Waals surface area contributed by atoms with Crippen molar-refractivity contribution in [1.29, 1.82) is 0 Å². The number of hydrogen-bond acceptors (Lipinski definition) is 10. The summed E-state index contributed by atoms with van der Waals surface area (Å²) in [6.45, 7) is 0.349. The summed E-state index contributed by atoms with van der Waals surface area (Å²) < 4.78 is 0. The predicted octanol–water partition coefficient (Wildman–Crippen LogP) is -4.93. The smallest absolute Gasteiger partial charge is 0.548 e. The van der Waals surface area contributed by atoms with Crippen molar-refractivity contribution in [3.8, 4) is 0 Å². The Balaban J connectivity index is 0.000000602. The third-order valence-electron chi connectivity index (χ3n) is 3.92. The van der Waals surface area contributed by atoms with E-state index in [1.54, 1.807) is 12.4 Å². The fraction of sp³-hybridized carbons (Fsp3) is 0.444. The van der Waals surface area contributed by atoms with Crippen LogP contribution >= 0.6 is 0 Å². The maximum Gasteiger partial charge on any atom is 1.00 e. The molecule has 2 aromatic rings. The molecule has 0 saturated heterocycles. The number of nitrogens with two attached hydrogens (primary N) is 2. The molecule has 2 amide bonds. The quantitative estimate of drug-likeness (QED) is 0.147. The van der Waals surface area contributed by atoms with E-state index >= 15 is 0 Å². The summed E-state index contributed by atoms with van der Waals surface area (Å²) >= 11 is 0. The van der Waals surface area contributed by atoms with Gasteiger partial charge in [-0.25, -0.2) is 9.97 Å². The van der Waals surface area contributed by atoms with Crippen molar-refractivity contribution >= 4 is 23.8 Å². The van der Waals surface area contributed by atoms with Crippen LogP contribution in [0.15, 0.2) is 25.0 Å². The van der Waals surface area contributed by atoms with E-state index in [0.717, 1.165) is 0 Å². The zero-order valence-corrected chi connectivity index (χ0v) is 18.4. The van der Waals surface area contributed by atoms with Gasteiger partial charge in [-0.2, -0.15) is 0 Å². The number of carboxylic acid groups (broad SMARTS) is 2. The van der Waals surface area contributed by atoms with Crippen molar-refractivity contribution in [2.24, 2.45) is 11.5 Å². The summed E-state index contributed by atoms with van der Waals surface area (Å²) in [6, 6.07) is -2.16. The average Bonchev–Trinajstić information content (AvgIpc) is 3.42. The Bertz CT molecular complexity index is 776. The number of amides is 2. The van der Waals surface area contributed by atoms with Gasteiger partial charge in [-0.3, -0.25) is 9.59 Å². The van der Waals surface area contributed by atoms with Gasteiger partial charge < -0.3 is 51.9 Å². The normalized spacial score (nSPS) is 11.7. The molecular weight excluding hydrogens is 488 g/mol. The molecule has 0 spiro atoms. The average molecular weight is 514 g/mol. The van der Waals surface area contributed by atoms with Crippen molar-refractivity contribution in [1.82, 2.24) is 30.6 Å². The molecule has 2 unspecified atom stereocenters. The summed E-state index contributed by atoms with van der Waals surface area (Å²) in [5.41, 5.74) is 11.4. The minimum atomic E-state index is -1.34. The van der Waals surface area contributed by atoms with E-state index in [-0.39, 0.29) is 55.8 Å². The topological polar surface area (TPSA) is 248 Å². The Kier molecular flexibility index (Phi) is 14.8. The van der Waals surface area contributed by atoms with Gasteiger partial charge in [0, 0.05) is 51.2 Å². The number of H-pyrrole nitrogens is 2. The maximum absolute atomic E-state index is 11.2. The number of carbonyl (C=O) groups is 4. The molecule has 2 heterocycles. The van der Waals surface area contributed by atoms with Crippen LogP contribution in [-0.2, 0) is 49.1 Å². The number of hydrogen-bond donors (Lipinski definition) is 6. The minimum Gasteiger partial charge on any atom is -0.548 e. The standard InChI is InChI=1S/2C9H14N4O3.Cu/c2*10-2-1-8(14)13-7(9(15)16)3-6-4-11-5-12-6;/h2*4-5,7H,1-3,10H2,(H,11,12)(H,13,14)(H,15,16);/q;;+1/p-2. The first-order chi connectivity index (χ1) is 15.3. The minimum absolute atomic E-state index is 0. The van der Waals surface area contributed by atoms with Gasteiger partial charge in [0.15, 0.2) is 0 Å². The molecule has 2 rings (SSSR count). The first kappa shape index (κ1) is 29.7. The van der Waals surface area contributed by atoms with Crippen LogP contribution < -0.4 is 32.3 Å². The van der Waals surface area contributed by atoms with Crippen LogP contribution in [0.3, 0.4) is 0 Å². The monoisotopic (exact) mass is 513 g/mol. The van der Waals surface area contributed by atoms with Gasteiger partial charge in [0.1, 0.15) is 0 Å². The Labute approximate surface area is 199 Å². The second-order valence-corrected chi connectivity index (χ2v) is 6.48. The van der Waals surface area contributed by atoms with Crippen LogP contribution in [0.1, 0.15) is 24.2 Å². The van der Waals surface area contributed by atoms with Crippen LogP contribution in [0.25, 0.3) is 0 Å². The van der Waals surface area contributed by atoms with Gasteiger partial charge in [0.2, 0.25) is 11.8 Å². The summed E-state index contributed by atoms with van der Waals surface area (Å²) in [4.78, 5) is 57.0. The third kappa shape index (κ3) is 12.4. The number of nitrogens with zero attached hydrogens (tertiary/aromatic N) is 2. The number of aliphatic carboxylic acids is 2. The summed E-state index contributed by atoms with van der Waals surface area (Å²) in [5, 5.41) is 26.2. The Morgan fingerprint density at radius 3 is 1.42 bits per heavy atom. The van der Waals surface area contributed by atoms with Crippen LogP contribution in [0.4, 0.5) is 0 Å². The SMILES string of the molecule is NCCC(=O)NC(Cc1c[nH]cn1)C(=O)[O-].NCCC(=O)NC(Cc1c[nH]cn1)C(=O)[O-].[Cu+]. The van der Waals surface area contributed by atoms with Crippen LogP contribution in [0.2, 0.25) is 0 Å². The van der Waals surface area contributed by atoms with Crippen molar-refractivity contribution in [3.05, 3.63) is 36.4 Å². The molecule has 186 valence electrons. The van der Waals surface area contributed by atoms with Gasteiger partial charge >= 0.3 is 17.1 Å². The van der Waals surface area contributed by atoms with Gasteiger partial charge in [0.25, 0.3) is 0 Å². The van der Waals surface area contributed by atoms with Crippen molar-refractivity contribution in [2.75, 3.05) is 13.1 Å². The predicted molar refractivity (Wildman–Crippen MR) is 106 cm³/mol. The van der Waals surface area contributed by atoms with Crippen LogP contribution in [0.5, 0.6) is 0 Å². The molecule has 14 nitrogen and oxygen atoms in total. The number of carbonyl (C=O) groups excluding carboxylic acids is 4. The van der Waals surface area contributed by atoms with E-state index in [9.17, 15) is 29.4 Å². The van der Waals surface area contributed by atoms with E-state index in [1.165, 1.54) is 12.7 Å². The Hall–Kier alpha value is -3.26. The summed E-state index contributed by atoms with van der Waals surface area (Å²) in [5.74, 6) is -3.50.